The monoisotopic (exact) mass is 392 g/mol. The number of amides is 2. The molecule has 1 atom stereocenters. The first-order valence-corrected chi connectivity index (χ1v) is 9.38. The van der Waals surface area contributed by atoms with Crippen LogP contribution in [-0.4, -0.2) is 61.1 Å². The van der Waals surface area contributed by atoms with E-state index in [1.807, 2.05) is 0 Å². The van der Waals surface area contributed by atoms with Crippen LogP contribution in [0.15, 0.2) is 18.2 Å². The standard InChI is InChI=1S/C20H28N2O6/c1-13(4-5-18(23)24)21-19(25)14-6-8-22(9-7-14)20(26)15-10-16(27-2)12-17(11-15)28-3/h10-14H,4-9H2,1-3H3,(H,21,25)(H,23,24). The van der Waals surface area contributed by atoms with Gasteiger partial charge >= 0.3 is 5.97 Å². The fourth-order valence-electron chi connectivity index (χ4n) is 3.23. The zero-order valence-electron chi connectivity index (χ0n) is 16.6. The fraction of sp³-hybridized carbons (Fsp3) is 0.550. The van der Waals surface area contributed by atoms with Gasteiger partial charge in [0.25, 0.3) is 5.91 Å². The quantitative estimate of drug-likeness (QED) is 0.700. The topological polar surface area (TPSA) is 105 Å². The van der Waals surface area contributed by atoms with E-state index < -0.39 is 5.97 Å². The number of carbonyl (C=O) groups excluding carboxylic acids is 2. The van der Waals surface area contributed by atoms with Crippen LogP contribution in [0.25, 0.3) is 0 Å². The molecule has 1 fully saturated rings. The molecule has 0 spiro atoms. The van der Waals surface area contributed by atoms with Gasteiger partial charge in [0.2, 0.25) is 5.91 Å². The minimum Gasteiger partial charge on any atom is -0.497 e. The molecule has 154 valence electrons. The molecule has 0 aliphatic carbocycles. The van der Waals surface area contributed by atoms with E-state index in [-0.39, 0.29) is 30.2 Å². The van der Waals surface area contributed by atoms with Gasteiger partial charge in [-0.25, -0.2) is 0 Å². The highest BCUT2D eigenvalue weighted by molar-refractivity contribution is 5.95. The summed E-state index contributed by atoms with van der Waals surface area (Å²) in [4.78, 5) is 37.5. The molecule has 1 heterocycles. The molecular weight excluding hydrogens is 364 g/mol. The van der Waals surface area contributed by atoms with Crippen LogP contribution in [0.2, 0.25) is 0 Å². The number of likely N-dealkylation sites (tertiary alicyclic amines) is 1. The number of carboxylic acids is 1. The van der Waals surface area contributed by atoms with Crippen LogP contribution < -0.4 is 14.8 Å². The van der Waals surface area contributed by atoms with Crippen molar-refractivity contribution >= 4 is 17.8 Å². The van der Waals surface area contributed by atoms with Crippen LogP contribution in [0.4, 0.5) is 0 Å². The molecule has 0 aromatic heterocycles. The number of ether oxygens (including phenoxy) is 2. The molecule has 2 N–H and O–H groups in total. The van der Waals surface area contributed by atoms with Gasteiger partial charge in [0.1, 0.15) is 11.5 Å². The smallest absolute Gasteiger partial charge is 0.303 e. The Bertz CT molecular complexity index is 690. The van der Waals surface area contributed by atoms with E-state index in [4.69, 9.17) is 14.6 Å². The van der Waals surface area contributed by atoms with Crippen LogP contribution in [0, 0.1) is 5.92 Å². The molecule has 1 saturated heterocycles. The Kier molecular flexibility index (Phi) is 7.66. The summed E-state index contributed by atoms with van der Waals surface area (Å²) >= 11 is 0. The van der Waals surface area contributed by atoms with Gasteiger partial charge < -0.3 is 24.8 Å². The van der Waals surface area contributed by atoms with E-state index in [1.54, 1.807) is 30.0 Å². The summed E-state index contributed by atoms with van der Waals surface area (Å²) in [5.41, 5.74) is 0.487. The van der Waals surface area contributed by atoms with E-state index in [9.17, 15) is 14.4 Å². The van der Waals surface area contributed by atoms with Crippen molar-refractivity contribution in [1.82, 2.24) is 10.2 Å². The van der Waals surface area contributed by atoms with Crippen LogP contribution in [-0.2, 0) is 9.59 Å². The number of methoxy groups -OCH3 is 2. The minimum atomic E-state index is -0.873. The van der Waals surface area contributed by atoms with Gasteiger partial charge in [-0.3, -0.25) is 14.4 Å². The van der Waals surface area contributed by atoms with Crippen molar-refractivity contribution < 1.29 is 29.0 Å². The maximum Gasteiger partial charge on any atom is 0.303 e. The Balaban J connectivity index is 1.90. The second-order valence-electron chi connectivity index (χ2n) is 7.01. The molecule has 1 aromatic rings. The number of carboxylic acid groups (broad SMARTS) is 1. The van der Waals surface area contributed by atoms with Gasteiger partial charge in [-0.15, -0.1) is 0 Å². The lowest BCUT2D eigenvalue weighted by Crippen LogP contribution is -2.44. The highest BCUT2D eigenvalue weighted by Crippen LogP contribution is 2.25. The Morgan fingerprint density at radius 3 is 2.21 bits per heavy atom. The predicted octanol–water partition coefficient (Wildman–Crippen LogP) is 1.93. The van der Waals surface area contributed by atoms with E-state index in [2.05, 4.69) is 5.32 Å². The Labute approximate surface area is 164 Å². The molecule has 0 radical (unpaired) electrons. The van der Waals surface area contributed by atoms with Crippen molar-refractivity contribution in [3.05, 3.63) is 23.8 Å². The Morgan fingerprint density at radius 1 is 1.14 bits per heavy atom. The number of benzene rings is 1. The van der Waals surface area contributed by atoms with E-state index in [0.29, 0.717) is 49.4 Å². The summed E-state index contributed by atoms with van der Waals surface area (Å²) in [5, 5.41) is 11.6. The SMILES string of the molecule is COc1cc(OC)cc(C(=O)N2CCC(C(=O)NC(C)CCC(=O)O)CC2)c1. The summed E-state index contributed by atoms with van der Waals surface area (Å²) in [7, 11) is 3.06. The minimum absolute atomic E-state index is 0.0262. The van der Waals surface area contributed by atoms with E-state index in [0.717, 1.165) is 0 Å². The highest BCUT2D eigenvalue weighted by atomic mass is 16.5. The zero-order chi connectivity index (χ0) is 20.7. The summed E-state index contributed by atoms with van der Waals surface area (Å²) < 4.78 is 10.4. The van der Waals surface area contributed by atoms with E-state index >= 15 is 0 Å². The van der Waals surface area contributed by atoms with Gasteiger partial charge in [-0.2, -0.15) is 0 Å². The first kappa shape index (κ1) is 21.5. The molecule has 1 unspecified atom stereocenters. The number of aliphatic carboxylic acids is 1. The van der Waals surface area contributed by atoms with Gasteiger partial charge in [0.15, 0.2) is 0 Å². The number of hydrogen-bond donors (Lipinski definition) is 2. The predicted molar refractivity (Wildman–Crippen MR) is 103 cm³/mol. The van der Waals surface area contributed by atoms with Crippen molar-refractivity contribution in [3.63, 3.8) is 0 Å². The average Bonchev–Trinajstić information content (AvgIpc) is 2.71. The lowest BCUT2D eigenvalue weighted by atomic mass is 9.95. The highest BCUT2D eigenvalue weighted by Gasteiger charge is 2.28. The summed E-state index contributed by atoms with van der Waals surface area (Å²) in [6.07, 6.45) is 1.57. The molecule has 1 aliphatic heterocycles. The third-order valence-corrected chi connectivity index (χ3v) is 4.93. The Morgan fingerprint density at radius 2 is 1.71 bits per heavy atom. The molecule has 28 heavy (non-hydrogen) atoms. The maximum absolute atomic E-state index is 12.8. The molecule has 2 amide bonds. The van der Waals surface area contributed by atoms with Gasteiger partial charge in [0, 0.05) is 43.1 Å². The summed E-state index contributed by atoms with van der Waals surface area (Å²) in [6.45, 7) is 2.77. The van der Waals surface area contributed by atoms with Crippen LogP contribution >= 0.6 is 0 Å². The van der Waals surface area contributed by atoms with Crippen LogP contribution in [0.5, 0.6) is 11.5 Å². The number of nitrogens with zero attached hydrogens (tertiary/aromatic N) is 1. The first-order valence-electron chi connectivity index (χ1n) is 9.38. The van der Waals surface area contributed by atoms with Crippen molar-refractivity contribution in [2.45, 2.75) is 38.6 Å². The zero-order valence-corrected chi connectivity index (χ0v) is 16.6. The molecule has 8 heteroatoms. The second kappa shape index (κ2) is 9.96. The van der Waals surface area contributed by atoms with Crippen molar-refractivity contribution in [2.75, 3.05) is 27.3 Å². The third kappa shape index (κ3) is 5.87. The maximum atomic E-state index is 12.8. The van der Waals surface area contributed by atoms with Crippen LogP contribution in [0.3, 0.4) is 0 Å². The molecule has 0 saturated carbocycles. The molecule has 0 bridgehead atoms. The number of nitrogens with one attached hydrogen (secondary N) is 1. The fourth-order valence-corrected chi connectivity index (χ4v) is 3.23. The second-order valence-corrected chi connectivity index (χ2v) is 7.01. The van der Waals surface area contributed by atoms with Crippen molar-refractivity contribution in [3.8, 4) is 11.5 Å². The van der Waals surface area contributed by atoms with Crippen molar-refractivity contribution in [2.24, 2.45) is 5.92 Å². The van der Waals surface area contributed by atoms with Crippen LogP contribution in [0.1, 0.15) is 43.0 Å². The molecular formula is C20H28N2O6. The molecule has 1 aliphatic rings. The molecule has 1 aromatic carbocycles. The number of rotatable bonds is 8. The Hall–Kier alpha value is -2.77. The van der Waals surface area contributed by atoms with Gasteiger partial charge in [-0.1, -0.05) is 0 Å². The number of hydrogen-bond acceptors (Lipinski definition) is 5. The first-order chi connectivity index (χ1) is 13.3. The van der Waals surface area contributed by atoms with Crippen molar-refractivity contribution in [1.29, 1.82) is 0 Å². The summed E-state index contributed by atoms with van der Waals surface area (Å²) in [6, 6.07) is 4.87. The number of piperidine rings is 1. The number of carbonyl (C=O) groups is 3. The lowest BCUT2D eigenvalue weighted by Gasteiger charge is -2.32. The van der Waals surface area contributed by atoms with E-state index in [1.165, 1.54) is 14.2 Å². The van der Waals surface area contributed by atoms with Gasteiger partial charge in [-0.05, 0) is 38.3 Å². The largest absolute Gasteiger partial charge is 0.497 e. The van der Waals surface area contributed by atoms with Gasteiger partial charge in [0.05, 0.1) is 14.2 Å². The normalized spacial score (nSPS) is 15.6. The average molecular weight is 392 g/mol. The molecule has 8 nitrogen and oxygen atoms in total. The lowest BCUT2D eigenvalue weighted by molar-refractivity contribution is -0.137. The summed E-state index contributed by atoms with van der Waals surface area (Å²) in [5.74, 6) is -0.142. The third-order valence-electron chi connectivity index (χ3n) is 4.93. The molecule has 2 rings (SSSR count).